The Balaban J connectivity index is 2.35. The van der Waals surface area contributed by atoms with Gasteiger partial charge in [0.25, 0.3) is 0 Å². The van der Waals surface area contributed by atoms with Gasteiger partial charge in [0.2, 0.25) is 10.0 Å². The van der Waals surface area contributed by atoms with Crippen molar-refractivity contribution in [1.29, 1.82) is 0 Å². The Labute approximate surface area is 121 Å². The lowest BCUT2D eigenvalue weighted by Crippen LogP contribution is -2.42. The molecule has 1 aromatic rings. The van der Waals surface area contributed by atoms with Crippen molar-refractivity contribution in [1.82, 2.24) is 9.29 Å². The van der Waals surface area contributed by atoms with Crippen LogP contribution in [0.1, 0.15) is 40.5 Å². The predicted octanol–water partition coefficient (Wildman–Crippen LogP) is 2.43. The monoisotopic (exact) mass is 298 g/mol. The first-order chi connectivity index (χ1) is 9.23. The zero-order valence-electron chi connectivity index (χ0n) is 12.5. The molecule has 1 fully saturated rings. The van der Waals surface area contributed by atoms with Gasteiger partial charge < -0.3 is 4.74 Å². The maximum absolute atomic E-state index is 12.7. The summed E-state index contributed by atoms with van der Waals surface area (Å²) in [5.41, 5.74) is -0.340. The topological polar surface area (TPSA) is 59.5 Å². The lowest BCUT2D eigenvalue weighted by Gasteiger charge is -2.30. The van der Waals surface area contributed by atoms with Gasteiger partial charge in [-0.2, -0.15) is 4.31 Å². The van der Waals surface area contributed by atoms with E-state index in [-0.39, 0.29) is 16.5 Å². The lowest BCUT2D eigenvalue weighted by molar-refractivity contribution is 0.240. The van der Waals surface area contributed by atoms with Crippen molar-refractivity contribution in [3.8, 4) is 5.75 Å². The molecule has 1 saturated heterocycles. The first-order valence-electron chi connectivity index (χ1n) is 6.88. The van der Waals surface area contributed by atoms with Gasteiger partial charge in [0.05, 0.1) is 12.3 Å². The molecule has 2 heterocycles. The molecule has 6 heteroatoms. The molecule has 0 aliphatic carbocycles. The van der Waals surface area contributed by atoms with Gasteiger partial charge in [0.1, 0.15) is 10.6 Å². The number of rotatable bonds is 4. The van der Waals surface area contributed by atoms with Gasteiger partial charge in [0.15, 0.2) is 0 Å². The Hall–Kier alpha value is -1.14. The molecule has 20 heavy (non-hydrogen) atoms. The summed E-state index contributed by atoms with van der Waals surface area (Å²) in [6, 6.07) is 1.55. The molecule has 1 aliphatic heterocycles. The van der Waals surface area contributed by atoms with Crippen LogP contribution in [-0.4, -0.2) is 35.9 Å². The van der Waals surface area contributed by atoms with Crippen molar-refractivity contribution in [3.05, 3.63) is 18.5 Å². The van der Waals surface area contributed by atoms with E-state index >= 15 is 0 Å². The third-order valence-electron chi connectivity index (χ3n) is 3.47. The minimum Gasteiger partial charge on any atom is -0.489 e. The first kappa shape index (κ1) is 15.3. The van der Waals surface area contributed by atoms with Gasteiger partial charge in [-0.05, 0) is 40.5 Å². The van der Waals surface area contributed by atoms with E-state index in [0.717, 1.165) is 12.8 Å². The van der Waals surface area contributed by atoms with Crippen LogP contribution in [0.3, 0.4) is 0 Å². The Morgan fingerprint density at radius 3 is 2.60 bits per heavy atom. The molecule has 1 aromatic heterocycles. The molecule has 5 nitrogen and oxygen atoms in total. The van der Waals surface area contributed by atoms with Gasteiger partial charge in [-0.15, -0.1) is 0 Å². The number of sulfonamides is 1. The Bertz CT molecular complexity index is 582. The minimum atomic E-state index is -3.51. The highest BCUT2D eigenvalue weighted by Crippen LogP contribution is 2.34. The Morgan fingerprint density at radius 1 is 1.35 bits per heavy atom. The summed E-state index contributed by atoms with van der Waals surface area (Å²) >= 11 is 0. The number of hydrogen-bond acceptors (Lipinski definition) is 4. The fourth-order valence-electron chi connectivity index (χ4n) is 2.53. The zero-order chi connectivity index (χ0) is 15.0. The molecular weight excluding hydrogens is 276 g/mol. The molecule has 112 valence electrons. The fraction of sp³-hybridized carbons (Fsp3) is 0.643. The van der Waals surface area contributed by atoms with E-state index < -0.39 is 10.0 Å². The normalized spacial score (nSPS) is 19.4. The SMILES string of the molecule is CC(C)Oc1cncc(S(=O)(=O)N2CCCC2(C)C)c1. The third kappa shape index (κ3) is 2.96. The maximum Gasteiger partial charge on any atom is 0.245 e. The molecule has 0 amide bonds. The third-order valence-corrected chi connectivity index (χ3v) is 5.55. The van der Waals surface area contributed by atoms with Crippen LogP contribution in [-0.2, 0) is 10.0 Å². The van der Waals surface area contributed by atoms with Crippen LogP contribution < -0.4 is 4.74 Å². The fourth-order valence-corrected chi connectivity index (χ4v) is 4.36. The number of ether oxygens (including phenoxy) is 1. The van der Waals surface area contributed by atoms with Crippen molar-refractivity contribution in [2.75, 3.05) is 6.54 Å². The van der Waals surface area contributed by atoms with Crippen molar-refractivity contribution in [2.24, 2.45) is 0 Å². The highest BCUT2D eigenvalue weighted by molar-refractivity contribution is 7.89. The van der Waals surface area contributed by atoms with Gasteiger partial charge in [0, 0.05) is 24.3 Å². The zero-order valence-corrected chi connectivity index (χ0v) is 13.3. The van der Waals surface area contributed by atoms with Crippen LogP contribution >= 0.6 is 0 Å². The molecule has 0 saturated carbocycles. The maximum atomic E-state index is 12.7. The summed E-state index contributed by atoms with van der Waals surface area (Å²) in [6.45, 7) is 8.26. The van der Waals surface area contributed by atoms with Crippen LogP contribution in [0, 0.1) is 0 Å². The number of pyridine rings is 1. The summed E-state index contributed by atoms with van der Waals surface area (Å²) in [5.74, 6) is 0.484. The van der Waals surface area contributed by atoms with E-state index in [0.29, 0.717) is 12.3 Å². The molecule has 1 aliphatic rings. The van der Waals surface area contributed by atoms with Crippen LogP contribution in [0.25, 0.3) is 0 Å². The van der Waals surface area contributed by atoms with E-state index in [1.807, 2.05) is 27.7 Å². The van der Waals surface area contributed by atoms with Crippen molar-refractivity contribution < 1.29 is 13.2 Å². The Kier molecular flexibility index (Phi) is 4.07. The van der Waals surface area contributed by atoms with E-state index in [9.17, 15) is 8.42 Å². The van der Waals surface area contributed by atoms with E-state index in [1.54, 1.807) is 10.4 Å². The van der Waals surface area contributed by atoms with Crippen LogP contribution in [0.4, 0.5) is 0 Å². The highest BCUT2D eigenvalue weighted by atomic mass is 32.2. The lowest BCUT2D eigenvalue weighted by atomic mass is 10.0. The molecular formula is C14H22N2O3S. The highest BCUT2D eigenvalue weighted by Gasteiger charge is 2.41. The quantitative estimate of drug-likeness (QED) is 0.856. The van der Waals surface area contributed by atoms with E-state index in [2.05, 4.69) is 4.98 Å². The molecule has 0 bridgehead atoms. The van der Waals surface area contributed by atoms with Gasteiger partial charge in [-0.1, -0.05) is 0 Å². The predicted molar refractivity (Wildman–Crippen MR) is 77.2 cm³/mol. The smallest absolute Gasteiger partial charge is 0.245 e. The van der Waals surface area contributed by atoms with E-state index in [1.165, 1.54) is 12.4 Å². The standard InChI is InChI=1S/C14H22N2O3S/c1-11(2)19-12-8-13(10-15-9-12)20(17,18)16-7-5-6-14(16,3)4/h8-11H,5-7H2,1-4H3. The Morgan fingerprint density at radius 2 is 2.05 bits per heavy atom. The average Bonchev–Trinajstić information content (AvgIpc) is 2.69. The van der Waals surface area contributed by atoms with Crippen LogP contribution in [0.5, 0.6) is 5.75 Å². The number of nitrogens with zero attached hydrogens (tertiary/aromatic N) is 2. The number of aromatic nitrogens is 1. The molecule has 0 radical (unpaired) electrons. The molecule has 2 rings (SSSR count). The van der Waals surface area contributed by atoms with Crippen molar-refractivity contribution in [2.45, 2.75) is 57.1 Å². The van der Waals surface area contributed by atoms with Crippen LogP contribution in [0.15, 0.2) is 23.4 Å². The minimum absolute atomic E-state index is 0.0158. The summed E-state index contributed by atoms with van der Waals surface area (Å²) in [7, 11) is -3.51. The molecule has 0 aromatic carbocycles. The van der Waals surface area contributed by atoms with Gasteiger partial charge in [-0.3, -0.25) is 4.98 Å². The van der Waals surface area contributed by atoms with E-state index in [4.69, 9.17) is 4.74 Å². The van der Waals surface area contributed by atoms with Crippen molar-refractivity contribution >= 4 is 10.0 Å². The largest absolute Gasteiger partial charge is 0.489 e. The molecule has 0 atom stereocenters. The second-order valence-electron chi connectivity index (χ2n) is 6.02. The van der Waals surface area contributed by atoms with Crippen LogP contribution in [0.2, 0.25) is 0 Å². The summed E-state index contributed by atoms with van der Waals surface area (Å²) in [4.78, 5) is 4.19. The molecule has 0 N–H and O–H groups in total. The molecule has 0 spiro atoms. The second kappa shape index (κ2) is 5.33. The van der Waals surface area contributed by atoms with Gasteiger partial charge in [-0.25, -0.2) is 8.42 Å². The summed E-state index contributed by atoms with van der Waals surface area (Å²) in [5, 5.41) is 0. The molecule has 0 unspecified atom stereocenters. The first-order valence-corrected chi connectivity index (χ1v) is 8.32. The summed E-state index contributed by atoms with van der Waals surface area (Å²) < 4.78 is 32.5. The second-order valence-corrected chi connectivity index (χ2v) is 7.88. The van der Waals surface area contributed by atoms with Gasteiger partial charge >= 0.3 is 0 Å². The number of hydrogen-bond donors (Lipinski definition) is 0. The average molecular weight is 298 g/mol. The summed E-state index contributed by atoms with van der Waals surface area (Å²) in [6.07, 6.45) is 4.67. The van der Waals surface area contributed by atoms with Crippen molar-refractivity contribution in [3.63, 3.8) is 0 Å².